The van der Waals surface area contributed by atoms with Crippen LogP contribution in [0.3, 0.4) is 0 Å². The second-order valence-corrected chi connectivity index (χ2v) is 7.56. The van der Waals surface area contributed by atoms with Crippen LogP contribution >= 0.6 is 15.9 Å². The van der Waals surface area contributed by atoms with Crippen molar-refractivity contribution in [3.8, 4) is 0 Å². The topological polar surface area (TPSA) is 29.1 Å². The Labute approximate surface area is 135 Å². The Hall–Kier alpha value is -0.830. The first-order valence-corrected chi connectivity index (χ1v) is 9.17. The van der Waals surface area contributed by atoms with Crippen LogP contribution < -0.4 is 5.32 Å². The number of carbonyl (C=O) groups is 1. The first kappa shape index (κ1) is 15.1. The number of nitrogens with one attached hydrogen (secondary N) is 1. The van der Waals surface area contributed by atoms with E-state index in [1.807, 2.05) is 18.2 Å². The van der Waals surface area contributed by atoms with Crippen molar-refractivity contribution in [1.82, 2.24) is 5.32 Å². The lowest BCUT2D eigenvalue weighted by atomic mass is 9.78. The predicted molar refractivity (Wildman–Crippen MR) is 89.7 cm³/mol. The predicted octanol–water partition coefficient (Wildman–Crippen LogP) is 4.18. The molecule has 0 aliphatic heterocycles. The quantitative estimate of drug-likeness (QED) is 0.811. The van der Waals surface area contributed by atoms with E-state index in [4.69, 9.17) is 0 Å². The van der Waals surface area contributed by atoms with E-state index in [2.05, 4.69) is 40.3 Å². The summed E-state index contributed by atoms with van der Waals surface area (Å²) >= 11 is 3.65. The molecule has 2 aliphatic rings. The maximum Gasteiger partial charge on any atom is 0.231 e. The molecule has 0 saturated heterocycles. The Balaban J connectivity index is 1.74. The Morgan fingerprint density at radius 3 is 2.33 bits per heavy atom. The SMILES string of the molecule is CC1CCC(CBr)(NC(=O)C2(c3ccccc3)CC2)CC1. The van der Waals surface area contributed by atoms with Gasteiger partial charge in [0, 0.05) is 10.9 Å². The molecule has 0 spiro atoms. The van der Waals surface area contributed by atoms with E-state index in [9.17, 15) is 4.79 Å². The van der Waals surface area contributed by atoms with Gasteiger partial charge in [0.25, 0.3) is 0 Å². The smallest absolute Gasteiger partial charge is 0.231 e. The fourth-order valence-corrected chi connectivity index (χ4v) is 4.20. The molecule has 0 bridgehead atoms. The summed E-state index contributed by atoms with van der Waals surface area (Å²) in [5.74, 6) is 1.03. The number of carbonyl (C=O) groups excluding carboxylic acids is 1. The first-order chi connectivity index (χ1) is 10.1. The zero-order valence-corrected chi connectivity index (χ0v) is 14.3. The maximum absolute atomic E-state index is 12.9. The van der Waals surface area contributed by atoms with Crippen LogP contribution in [-0.2, 0) is 10.2 Å². The van der Waals surface area contributed by atoms with Crippen molar-refractivity contribution in [3.63, 3.8) is 0 Å². The van der Waals surface area contributed by atoms with Gasteiger partial charge in [-0.05, 0) is 50.0 Å². The summed E-state index contributed by atoms with van der Waals surface area (Å²) in [6.45, 7) is 2.31. The van der Waals surface area contributed by atoms with E-state index in [0.717, 1.165) is 36.9 Å². The minimum Gasteiger partial charge on any atom is -0.349 e. The number of benzene rings is 1. The van der Waals surface area contributed by atoms with Crippen LogP contribution in [0.25, 0.3) is 0 Å². The van der Waals surface area contributed by atoms with Crippen LogP contribution in [0, 0.1) is 5.92 Å². The third-order valence-corrected chi connectivity index (χ3v) is 6.45. The highest BCUT2D eigenvalue weighted by atomic mass is 79.9. The Morgan fingerprint density at radius 1 is 1.19 bits per heavy atom. The van der Waals surface area contributed by atoms with E-state index >= 15 is 0 Å². The fourth-order valence-electron chi connectivity index (χ4n) is 3.50. The number of amides is 1. The van der Waals surface area contributed by atoms with Crippen molar-refractivity contribution in [3.05, 3.63) is 35.9 Å². The number of halogens is 1. The Kier molecular flexibility index (Phi) is 4.13. The van der Waals surface area contributed by atoms with Crippen LogP contribution in [0.1, 0.15) is 51.0 Å². The average Bonchev–Trinajstić information content (AvgIpc) is 3.33. The molecule has 2 nitrogen and oxygen atoms in total. The lowest BCUT2D eigenvalue weighted by Gasteiger charge is -2.40. The minimum absolute atomic E-state index is 0.0338. The molecular weight excluding hydrogens is 326 g/mol. The van der Waals surface area contributed by atoms with E-state index < -0.39 is 0 Å². The molecule has 114 valence electrons. The zero-order chi connectivity index (χ0) is 14.9. The van der Waals surface area contributed by atoms with Gasteiger partial charge in [-0.2, -0.15) is 0 Å². The van der Waals surface area contributed by atoms with Crippen LogP contribution in [0.4, 0.5) is 0 Å². The highest BCUT2D eigenvalue weighted by molar-refractivity contribution is 9.09. The van der Waals surface area contributed by atoms with E-state index in [1.165, 1.54) is 18.4 Å². The molecule has 1 aromatic rings. The van der Waals surface area contributed by atoms with Crippen LogP contribution in [0.15, 0.2) is 30.3 Å². The minimum atomic E-state index is -0.251. The van der Waals surface area contributed by atoms with Crippen molar-refractivity contribution in [1.29, 1.82) is 0 Å². The average molecular weight is 350 g/mol. The summed E-state index contributed by atoms with van der Waals surface area (Å²) in [5, 5.41) is 4.28. The molecule has 3 rings (SSSR count). The Morgan fingerprint density at radius 2 is 1.81 bits per heavy atom. The molecule has 21 heavy (non-hydrogen) atoms. The number of rotatable bonds is 4. The monoisotopic (exact) mass is 349 g/mol. The van der Waals surface area contributed by atoms with Crippen molar-refractivity contribution in [2.24, 2.45) is 5.92 Å². The normalized spacial score (nSPS) is 30.7. The molecule has 1 amide bonds. The summed E-state index contributed by atoms with van der Waals surface area (Å²) < 4.78 is 0. The zero-order valence-electron chi connectivity index (χ0n) is 12.7. The molecule has 2 saturated carbocycles. The number of alkyl halides is 1. The number of hydrogen-bond acceptors (Lipinski definition) is 1. The van der Waals surface area contributed by atoms with Gasteiger partial charge in [0.15, 0.2) is 0 Å². The molecule has 2 aliphatic carbocycles. The first-order valence-electron chi connectivity index (χ1n) is 8.04. The molecule has 2 fully saturated rings. The number of hydrogen-bond donors (Lipinski definition) is 1. The maximum atomic E-state index is 12.9. The van der Waals surface area contributed by atoms with Crippen LogP contribution in [0.5, 0.6) is 0 Å². The van der Waals surface area contributed by atoms with E-state index in [-0.39, 0.29) is 16.9 Å². The summed E-state index contributed by atoms with van der Waals surface area (Å²) in [4.78, 5) is 12.9. The molecule has 3 heteroatoms. The molecule has 0 heterocycles. The van der Waals surface area contributed by atoms with Gasteiger partial charge in [0.05, 0.1) is 5.41 Å². The molecular formula is C18H24BrNO. The second kappa shape index (κ2) is 5.75. The van der Waals surface area contributed by atoms with Gasteiger partial charge in [-0.25, -0.2) is 0 Å². The summed E-state index contributed by atoms with van der Waals surface area (Å²) in [6, 6.07) is 10.3. The van der Waals surface area contributed by atoms with Crippen molar-refractivity contribution in [2.75, 3.05) is 5.33 Å². The summed E-state index contributed by atoms with van der Waals surface area (Å²) in [6.07, 6.45) is 6.58. The highest BCUT2D eigenvalue weighted by Gasteiger charge is 2.52. The molecule has 0 unspecified atom stereocenters. The lowest BCUT2D eigenvalue weighted by Crippen LogP contribution is -2.54. The van der Waals surface area contributed by atoms with Gasteiger partial charge in [-0.15, -0.1) is 0 Å². The molecule has 0 atom stereocenters. The van der Waals surface area contributed by atoms with E-state index in [1.54, 1.807) is 0 Å². The van der Waals surface area contributed by atoms with Crippen LogP contribution in [-0.4, -0.2) is 16.8 Å². The van der Waals surface area contributed by atoms with Gasteiger partial charge >= 0.3 is 0 Å². The molecule has 0 aromatic heterocycles. The van der Waals surface area contributed by atoms with E-state index in [0.29, 0.717) is 0 Å². The largest absolute Gasteiger partial charge is 0.349 e. The van der Waals surface area contributed by atoms with Crippen molar-refractivity contribution in [2.45, 2.75) is 56.4 Å². The van der Waals surface area contributed by atoms with Crippen LogP contribution in [0.2, 0.25) is 0 Å². The third kappa shape index (κ3) is 2.90. The second-order valence-electron chi connectivity index (χ2n) is 7.00. The summed E-state index contributed by atoms with van der Waals surface area (Å²) in [5.41, 5.74) is 0.893. The lowest BCUT2D eigenvalue weighted by molar-refractivity contribution is -0.125. The van der Waals surface area contributed by atoms with Gasteiger partial charge in [0.2, 0.25) is 5.91 Å². The van der Waals surface area contributed by atoms with Crippen molar-refractivity contribution < 1.29 is 4.79 Å². The fraction of sp³-hybridized carbons (Fsp3) is 0.611. The standard InChI is InChI=1S/C18H24BrNO/c1-14-7-9-17(13-19,10-8-14)20-16(21)18(11-12-18)15-5-3-2-4-6-15/h2-6,14H,7-13H2,1H3,(H,20,21). The molecule has 1 aromatic carbocycles. The van der Waals surface area contributed by atoms with Gasteiger partial charge < -0.3 is 5.32 Å². The van der Waals surface area contributed by atoms with Gasteiger partial charge in [0.1, 0.15) is 0 Å². The molecule has 0 radical (unpaired) electrons. The third-order valence-electron chi connectivity index (χ3n) is 5.38. The Bertz CT molecular complexity index is 501. The van der Waals surface area contributed by atoms with Gasteiger partial charge in [-0.3, -0.25) is 4.79 Å². The van der Waals surface area contributed by atoms with Gasteiger partial charge in [-0.1, -0.05) is 53.2 Å². The van der Waals surface area contributed by atoms with Crippen molar-refractivity contribution >= 4 is 21.8 Å². The highest BCUT2D eigenvalue weighted by Crippen LogP contribution is 2.49. The summed E-state index contributed by atoms with van der Waals surface area (Å²) in [7, 11) is 0. The molecule has 1 N–H and O–H groups in total.